The lowest BCUT2D eigenvalue weighted by molar-refractivity contribution is -0.384. The van der Waals surface area contributed by atoms with E-state index in [1.165, 1.54) is 24.4 Å². The number of aromatic nitrogens is 2. The number of aromatic hydroxyl groups is 1. The Morgan fingerprint density at radius 3 is 2.32 bits per heavy atom. The van der Waals surface area contributed by atoms with Crippen molar-refractivity contribution in [3.8, 4) is 40.0 Å². The molecule has 0 unspecified atom stereocenters. The normalized spacial score (nSPS) is 10.5. The average Bonchev–Trinajstić information content (AvgIpc) is 2.85. The van der Waals surface area contributed by atoms with Crippen LogP contribution in [0.3, 0.4) is 0 Å². The number of methoxy groups -OCH3 is 1. The highest BCUT2D eigenvalue weighted by Crippen LogP contribution is 2.38. The number of non-ortho nitro benzene ring substituents is 1. The molecule has 34 heavy (non-hydrogen) atoms. The summed E-state index contributed by atoms with van der Waals surface area (Å²) < 4.78 is 16.8. The van der Waals surface area contributed by atoms with Crippen LogP contribution >= 0.6 is 0 Å². The van der Waals surface area contributed by atoms with Gasteiger partial charge in [0, 0.05) is 23.8 Å². The highest BCUT2D eigenvalue weighted by molar-refractivity contribution is 5.73. The van der Waals surface area contributed by atoms with Crippen LogP contribution in [-0.2, 0) is 6.61 Å². The van der Waals surface area contributed by atoms with Crippen molar-refractivity contribution in [1.29, 1.82) is 0 Å². The minimum Gasteiger partial charge on any atom is -0.507 e. The maximum atomic E-state index is 10.8. The molecule has 0 radical (unpaired) electrons. The molecule has 0 fully saturated rings. The molecule has 4 aromatic rings. The Kier molecular flexibility index (Phi) is 6.40. The third-order valence-electron chi connectivity index (χ3n) is 4.84. The number of phenols is 1. The average molecular weight is 460 g/mol. The van der Waals surface area contributed by atoms with Crippen LogP contribution in [0.1, 0.15) is 5.56 Å². The second-order valence-corrected chi connectivity index (χ2v) is 7.11. The zero-order valence-electron chi connectivity index (χ0n) is 18.0. The molecule has 10 heteroatoms. The molecule has 0 spiro atoms. The summed E-state index contributed by atoms with van der Waals surface area (Å²) in [6.07, 6.45) is 1.43. The summed E-state index contributed by atoms with van der Waals surface area (Å²) in [5.41, 5.74) is 7.20. The summed E-state index contributed by atoms with van der Waals surface area (Å²) in [5.74, 6) is 1.84. The summed E-state index contributed by atoms with van der Waals surface area (Å²) in [7, 11) is 1.57. The Balaban J connectivity index is 1.53. The molecule has 0 bridgehead atoms. The molecule has 3 aromatic carbocycles. The lowest BCUT2D eigenvalue weighted by Crippen LogP contribution is -2.00. The fourth-order valence-electron chi connectivity index (χ4n) is 3.10. The maximum Gasteiger partial charge on any atom is 0.269 e. The lowest BCUT2D eigenvalue weighted by atomic mass is 10.1. The Morgan fingerprint density at radius 2 is 1.68 bits per heavy atom. The smallest absolute Gasteiger partial charge is 0.269 e. The van der Waals surface area contributed by atoms with Gasteiger partial charge in [0.25, 0.3) is 5.69 Å². The second kappa shape index (κ2) is 9.74. The first-order valence-electron chi connectivity index (χ1n) is 10.1. The summed E-state index contributed by atoms with van der Waals surface area (Å²) >= 11 is 0. The monoisotopic (exact) mass is 460 g/mol. The molecule has 0 amide bonds. The molecule has 0 aliphatic rings. The zero-order valence-corrected chi connectivity index (χ0v) is 18.0. The fraction of sp³-hybridized carbons (Fsp3) is 0.0833. The number of benzene rings is 3. The van der Waals surface area contributed by atoms with Gasteiger partial charge in [0.15, 0.2) is 5.75 Å². The fourth-order valence-corrected chi connectivity index (χ4v) is 3.10. The minimum absolute atomic E-state index is 0.00235. The largest absolute Gasteiger partial charge is 0.507 e. The highest BCUT2D eigenvalue weighted by atomic mass is 16.6. The van der Waals surface area contributed by atoms with Crippen molar-refractivity contribution in [2.45, 2.75) is 6.61 Å². The van der Waals surface area contributed by atoms with E-state index in [0.717, 1.165) is 5.56 Å². The zero-order chi connectivity index (χ0) is 24.1. The van der Waals surface area contributed by atoms with Crippen LogP contribution in [-0.4, -0.2) is 27.1 Å². The van der Waals surface area contributed by atoms with Gasteiger partial charge in [0.1, 0.15) is 35.3 Å². The first-order chi connectivity index (χ1) is 16.4. The number of nitrogen functional groups attached to an aromatic ring is 1. The van der Waals surface area contributed by atoms with E-state index in [1.54, 1.807) is 55.6 Å². The van der Waals surface area contributed by atoms with Crippen molar-refractivity contribution < 1.29 is 24.2 Å². The van der Waals surface area contributed by atoms with Crippen molar-refractivity contribution in [2.75, 3.05) is 12.8 Å². The number of phenolic OH excluding ortho intramolecular Hbond substituents is 1. The van der Waals surface area contributed by atoms with Gasteiger partial charge < -0.3 is 25.1 Å². The molecule has 0 saturated heterocycles. The van der Waals surface area contributed by atoms with Crippen LogP contribution in [0.4, 0.5) is 11.6 Å². The van der Waals surface area contributed by atoms with Crippen LogP contribution in [0.15, 0.2) is 72.9 Å². The molecule has 0 atom stereocenters. The van der Waals surface area contributed by atoms with Gasteiger partial charge in [-0.15, -0.1) is 0 Å². The van der Waals surface area contributed by atoms with Crippen LogP contribution in [0.5, 0.6) is 28.7 Å². The van der Waals surface area contributed by atoms with Crippen LogP contribution < -0.4 is 19.9 Å². The van der Waals surface area contributed by atoms with Gasteiger partial charge in [-0.05, 0) is 54.1 Å². The molecule has 0 saturated carbocycles. The SMILES string of the molecule is COc1ccc(Oc2cnc(N)nc2-c2ccc(OCc3ccc([N+](=O)[O-])cc3)cc2O)cc1. The van der Waals surface area contributed by atoms with Crippen LogP contribution in [0, 0.1) is 10.1 Å². The third kappa shape index (κ3) is 5.13. The second-order valence-electron chi connectivity index (χ2n) is 7.11. The molecule has 10 nitrogen and oxygen atoms in total. The minimum atomic E-state index is -0.464. The van der Waals surface area contributed by atoms with Crippen molar-refractivity contribution in [3.63, 3.8) is 0 Å². The molecule has 3 N–H and O–H groups in total. The maximum absolute atomic E-state index is 10.8. The number of hydrogen-bond donors (Lipinski definition) is 2. The summed E-state index contributed by atoms with van der Waals surface area (Å²) in [5, 5.41) is 21.4. The Morgan fingerprint density at radius 1 is 1.00 bits per heavy atom. The van der Waals surface area contributed by atoms with Gasteiger partial charge in [0.05, 0.1) is 18.2 Å². The Hall–Kier alpha value is -4.86. The number of hydrogen-bond acceptors (Lipinski definition) is 9. The number of nitro benzene ring substituents is 1. The standard InChI is InChI=1S/C24H20N4O6/c1-32-17-6-8-18(9-7-17)34-22-13-26-24(25)27-23(22)20-11-10-19(12-21(20)29)33-14-15-2-4-16(5-3-15)28(30)31/h2-13,29H,14H2,1H3,(H2,25,26,27). The van der Waals surface area contributed by atoms with Gasteiger partial charge in [-0.25, -0.2) is 9.97 Å². The highest BCUT2D eigenvalue weighted by Gasteiger charge is 2.16. The van der Waals surface area contributed by atoms with Gasteiger partial charge in [-0.3, -0.25) is 10.1 Å². The summed E-state index contributed by atoms with van der Waals surface area (Å²) in [4.78, 5) is 18.5. The predicted molar refractivity (Wildman–Crippen MR) is 124 cm³/mol. The molecule has 1 aromatic heterocycles. The lowest BCUT2D eigenvalue weighted by Gasteiger charge is -2.13. The topological polar surface area (TPSA) is 143 Å². The van der Waals surface area contributed by atoms with E-state index in [4.69, 9.17) is 19.9 Å². The molecule has 172 valence electrons. The van der Waals surface area contributed by atoms with E-state index in [-0.39, 0.29) is 24.0 Å². The number of nitrogens with zero attached hydrogens (tertiary/aromatic N) is 3. The van der Waals surface area contributed by atoms with Crippen LogP contribution in [0.2, 0.25) is 0 Å². The number of ether oxygens (including phenoxy) is 3. The van der Waals surface area contributed by atoms with Gasteiger partial charge in [0.2, 0.25) is 5.95 Å². The predicted octanol–water partition coefficient (Wildman–Crippen LogP) is 4.72. The Labute approximate surface area is 194 Å². The van der Waals surface area contributed by atoms with E-state index in [9.17, 15) is 15.2 Å². The first-order valence-corrected chi connectivity index (χ1v) is 10.1. The molecular weight excluding hydrogens is 440 g/mol. The quantitative estimate of drug-likeness (QED) is 0.282. The van der Waals surface area contributed by atoms with Gasteiger partial charge in [-0.1, -0.05) is 0 Å². The van der Waals surface area contributed by atoms with E-state index in [1.807, 2.05) is 0 Å². The molecule has 0 aliphatic carbocycles. The van der Waals surface area contributed by atoms with Crippen LogP contribution in [0.25, 0.3) is 11.3 Å². The van der Waals surface area contributed by atoms with Gasteiger partial charge in [-0.2, -0.15) is 0 Å². The van der Waals surface area contributed by atoms with Crippen molar-refractivity contribution in [1.82, 2.24) is 9.97 Å². The van der Waals surface area contributed by atoms with E-state index < -0.39 is 4.92 Å². The van der Waals surface area contributed by atoms with E-state index in [0.29, 0.717) is 34.3 Å². The molecular formula is C24H20N4O6. The number of rotatable bonds is 8. The Bertz CT molecular complexity index is 1310. The third-order valence-corrected chi connectivity index (χ3v) is 4.84. The summed E-state index contributed by atoms with van der Waals surface area (Å²) in [6, 6.07) is 17.7. The molecule has 4 rings (SSSR count). The molecule has 1 heterocycles. The van der Waals surface area contributed by atoms with Gasteiger partial charge >= 0.3 is 0 Å². The first kappa shape index (κ1) is 22.3. The van der Waals surface area contributed by atoms with E-state index in [2.05, 4.69) is 9.97 Å². The number of nitro groups is 1. The number of nitrogens with two attached hydrogens (primary N) is 1. The summed E-state index contributed by atoms with van der Waals surface area (Å²) in [6.45, 7) is 0.170. The molecule has 0 aliphatic heterocycles. The van der Waals surface area contributed by atoms with E-state index >= 15 is 0 Å². The van der Waals surface area contributed by atoms with Crippen molar-refractivity contribution >= 4 is 11.6 Å². The van der Waals surface area contributed by atoms with Crippen molar-refractivity contribution in [2.24, 2.45) is 0 Å². The van der Waals surface area contributed by atoms with Crippen molar-refractivity contribution in [3.05, 3.63) is 88.6 Å². The number of anilines is 1.